The van der Waals surface area contributed by atoms with E-state index >= 15 is 0 Å². The molecule has 2 N–H and O–H groups in total. The first kappa shape index (κ1) is 11.9. The minimum atomic E-state index is -1.14. The number of carbonyl (C=O) groups excluding carboxylic acids is 1. The molecule has 5 nitrogen and oxygen atoms in total. The number of aliphatic hydroxyl groups excluding tert-OH is 1. The van der Waals surface area contributed by atoms with Crippen LogP contribution in [0.2, 0.25) is 0 Å². The first-order chi connectivity index (χ1) is 7.43. The minimum Gasteiger partial charge on any atom is -0.512 e. The first-order valence-corrected chi connectivity index (χ1v) is 4.54. The number of nitrogens with zero attached hydrogens (tertiary/aromatic N) is 1. The third-order valence-corrected chi connectivity index (χ3v) is 1.99. The van der Waals surface area contributed by atoms with Crippen LogP contribution in [0.3, 0.4) is 0 Å². The van der Waals surface area contributed by atoms with Crippen LogP contribution in [0.15, 0.2) is 24.1 Å². The number of carbonyl (C=O) groups is 2. The molecule has 0 aliphatic rings. The fraction of sp³-hybridized carbons (Fsp3) is 0.182. The molecule has 0 spiro atoms. The molecule has 0 unspecified atom stereocenters. The number of allylic oxidation sites excluding steroid dienone is 2. The molecule has 0 radical (unpaired) electrons. The zero-order chi connectivity index (χ0) is 12.3. The predicted octanol–water partition coefficient (Wildman–Crippen LogP) is 1.66. The number of hydrogen-bond donors (Lipinski definition) is 2. The van der Waals surface area contributed by atoms with Crippen molar-refractivity contribution < 1.29 is 19.8 Å². The summed E-state index contributed by atoms with van der Waals surface area (Å²) in [5, 5.41) is 18.0. The van der Waals surface area contributed by atoms with Crippen LogP contribution in [-0.2, 0) is 4.79 Å². The van der Waals surface area contributed by atoms with Crippen molar-refractivity contribution in [2.24, 2.45) is 0 Å². The van der Waals surface area contributed by atoms with Crippen LogP contribution in [0.25, 0.3) is 5.57 Å². The lowest BCUT2D eigenvalue weighted by atomic mass is 10.0. The summed E-state index contributed by atoms with van der Waals surface area (Å²) in [6.07, 6.45) is 1.25. The van der Waals surface area contributed by atoms with Crippen molar-refractivity contribution in [2.75, 3.05) is 0 Å². The monoisotopic (exact) mass is 221 g/mol. The first-order valence-electron chi connectivity index (χ1n) is 4.54. The highest BCUT2D eigenvalue weighted by Crippen LogP contribution is 2.17. The van der Waals surface area contributed by atoms with Crippen LogP contribution in [0.5, 0.6) is 0 Å². The summed E-state index contributed by atoms with van der Waals surface area (Å²) in [5.41, 5.74) is 0.434. The Morgan fingerprint density at radius 2 is 1.81 bits per heavy atom. The van der Waals surface area contributed by atoms with Gasteiger partial charge in [-0.15, -0.1) is 0 Å². The van der Waals surface area contributed by atoms with E-state index in [9.17, 15) is 14.7 Å². The average Bonchev–Trinajstić information content (AvgIpc) is 2.17. The zero-order valence-electron chi connectivity index (χ0n) is 8.89. The van der Waals surface area contributed by atoms with Gasteiger partial charge in [0.2, 0.25) is 0 Å². The largest absolute Gasteiger partial charge is 0.512 e. The second kappa shape index (κ2) is 4.57. The van der Waals surface area contributed by atoms with Crippen molar-refractivity contribution in [3.8, 4) is 0 Å². The van der Waals surface area contributed by atoms with Crippen molar-refractivity contribution in [3.05, 3.63) is 35.3 Å². The van der Waals surface area contributed by atoms with E-state index in [1.165, 1.54) is 32.2 Å². The van der Waals surface area contributed by atoms with Crippen LogP contribution in [0, 0.1) is 0 Å². The van der Waals surface area contributed by atoms with Crippen molar-refractivity contribution in [1.82, 2.24) is 4.98 Å². The van der Waals surface area contributed by atoms with Crippen molar-refractivity contribution in [2.45, 2.75) is 13.8 Å². The van der Waals surface area contributed by atoms with E-state index in [1.54, 1.807) is 0 Å². The van der Waals surface area contributed by atoms with Gasteiger partial charge in [-0.05, 0) is 19.9 Å². The summed E-state index contributed by atoms with van der Waals surface area (Å²) in [7, 11) is 0. The van der Waals surface area contributed by atoms with Gasteiger partial charge in [0.15, 0.2) is 5.78 Å². The van der Waals surface area contributed by atoms with E-state index in [0.29, 0.717) is 5.56 Å². The second-order valence-corrected chi connectivity index (χ2v) is 3.25. The number of aromatic carboxylic acids is 1. The van der Waals surface area contributed by atoms with Gasteiger partial charge in [-0.2, -0.15) is 0 Å². The lowest BCUT2D eigenvalue weighted by molar-refractivity contribution is -0.111. The van der Waals surface area contributed by atoms with E-state index < -0.39 is 5.97 Å². The average molecular weight is 221 g/mol. The molecule has 1 rings (SSSR count). The molecule has 1 aromatic rings. The number of ketones is 1. The molecule has 0 atom stereocenters. The van der Waals surface area contributed by atoms with Gasteiger partial charge in [0.1, 0.15) is 11.5 Å². The molecule has 0 saturated carbocycles. The van der Waals surface area contributed by atoms with Gasteiger partial charge >= 0.3 is 5.97 Å². The van der Waals surface area contributed by atoms with E-state index in [2.05, 4.69) is 4.98 Å². The minimum absolute atomic E-state index is 0.109. The molecule has 5 heteroatoms. The third-order valence-electron chi connectivity index (χ3n) is 1.99. The van der Waals surface area contributed by atoms with E-state index in [-0.39, 0.29) is 22.8 Å². The number of hydrogen-bond acceptors (Lipinski definition) is 4. The maximum absolute atomic E-state index is 11.2. The van der Waals surface area contributed by atoms with Crippen LogP contribution in [-0.4, -0.2) is 26.9 Å². The summed E-state index contributed by atoms with van der Waals surface area (Å²) in [6.45, 7) is 2.71. The second-order valence-electron chi connectivity index (χ2n) is 3.25. The molecule has 84 valence electrons. The molecule has 0 aliphatic carbocycles. The molecular weight excluding hydrogens is 210 g/mol. The van der Waals surface area contributed by atoms with Gasteiger partial charge in [-0.1, -0.05) is 6.07 Å². The van der Waals surface area contributed by atoms with E-state index in [1.807, 2.05) is 0 Å². The van der Waals surface area contributed by atoms with E-state index in [4.69, 9.17) is 5.11 Å². The third kappa shape index (κ3) is 2.44. The molecule has 1 aromatic heterocycles. The highest BCUT2D eigenvalue weighted by molar-refractivity contribution is 6.19. The Hall–Kier alpha value is -2.17. The molecule has 16 heavy (non-hydrogen) atoms. The van der Waals surface area contributed by atoms with Crippen LogP contribution in [0.1, 0.15) is 29.9 Å². The molecule has 0 saturated heterocycles. The summed E-state index contributed by atoms with van der Waals surface area (Å²) < 4.78 is 0. The number of aliphatic hydroxyl groups is 1. The Kier molecular flexibility index (Phi) is 3.40. The number of rotatable bonds is 3. The molecular formula is C11H11NO4. The Morgan fingerprint density at radius 1 is 1.19 bits per heavy atom. The van der Waals surface area contributed by atoms with Gasteiger partial charge in [-0.25, -0.2) is 9.78 Å². The standard InChI is InChI=1S/C11H11NO4/c1-6(13)10(7(2)14)8-3-4-9(11(15)16)12-5-8/h3-5,13H,1-2H3,(H,15,16). The molecule has 0 aromatic carbocycles. The van der Waals surface area contributed by atoms with Crippen molar-refractivity contribution in [1.29, 1.82) is 0 Å². The summed E-state index contributed by atoms with van der Waals surface area (Å²) >= 11 is 0. The lowest BCUT2D eigenvalue weighted by Gasteiger charge is -2.04. The number of carboxylic acid groups (broad SMARTS) is 1. The predicted molar refractivity (Wildman–Crippen MR) is 57.1 cm³/mol. The number of Topliss-reactive ketones (excluding diaryl/α,β-unsaturated/α-hetero) is 1. The zero-order valence-corrected chi connectivity index (χ0v) is 8.89. The molecule has 0 fully saturated rings. The fourth-order valence-corrected chi connectivity index (χ4v) is 1.34. The van der Waals surface area contributed by atoms with Gasteiger partial charge in [-0.3, -0.25) is 4.79 Å². The fourth-order valence-electron chi connectivity index (χ4n) is 1.34. The number of aromatic nitrogens is 1. The van der Waals surface area contributed by atoms with Gasteiger partial charge in [0.25, 0.3) is 0 Å². The Labute approximate surface area is 92.1 Å². The summed E-state index contributed by atoms with van der Waals surface area (Å²) in [4.78, 5) is 25.5. The van der Waals surface area contributed by atoms with Crippen LogP contribution in [0.4, 0.5) is 0 Å². The Balaban J connectivity index is 3.20. The van der Waals surface area contributed by atoms with Crippen LogP contribution >= 0.6 is 0 Å². The molecule has 0 amide bonds. The quantitative estimate of drug-likeness (QED) is 0.598. The van der Waals surface area contributed by atoms with Gasteiger partial charge in [0.05, 0.1) is 5.57 Å². The number of pyridine rings is 1. The Bertz CT molecular complexity index is 455. The Morgan fingerprint density at radius 3 is 2.12 bits per heavy atom. The number of carboxylic acids is 1. The SMILES string of the molecule is CC(=O)C(=C(C)O)c1ccc(C(=O)O)nc1. The van der Waals surface area contributed by atoms with Crippen molar-refractivity contribution >= 4 is 17.3 Å². The molecule has 0 aliphatic heterocycles. The molecule has 1 heterocycles. The summed E-state index contributed by atoms with van der Waals surface area (Å²) in [5.74, 6) is -1.55. The summed E-state index contributed by atoms with van der Waals surface area (Å²) in [6, 6.07) is 2.72. The topological polar surface area (TPSA) is 87.5 Å². The highest BCUT2D eigenvalue weighted by atomic mass is 16.4. The normalized spacial score (nSPS) is 11.9. The van der Waals surface area contributed by atoms with Crippen LogP contribution < -0.4 is 0 Å². The van der Waals surface area contributed by atoms with Gasteiger partial charge < -0.3 is 10.2 Å². The van der Waals surface area contributed by atoms with Gasteiger partial charge in [0, 0.05) is 11.8 Å². The smallest absolute Gasteiger partial charge is 0.354 e. The lowest BCUT2D eigenvalue weighted by Crippen LogP contribution is -2.03. The highest BCUT2D eigenvalue weighted by Gasteiger charge is 2.12. The van der Waals surface area contributed by atoms with E-state index in [0.717, 1.165) is 0 Å². The maximum atomic E-state index is 11.2. The molecule has 0 bridgehead atoms. The maximum Gasteiger partial charge on any atom is 0.354 e. The van der Waals surface area contributed by atoms with Crippen molar-refractivity contribution in [3.63, 3.8) is 0 Å².